The molecule has 524 valence electrons. The molecule has 93 heavy (non-hydrogen) atoms. The van der Waals surface area contributed by atoms with Crippen molar-refractivity contribution in [1.82, 2.24) is 49.9 Å². The second-order valence-corrected chi connectivity index (χ2v) is 26.7. The van der Waals surface area contributed by atoms with Crippen molar-refractivity contribution in [2.45, 2.75) is 158 Å². The van der Waals surface area contributed by atoms with Crippen LogP contribution >= 0.6 is 0 Å². The maximum absolute atomic E-state index is 12.2. The number of hydrogen-bond acceptors (Lipinski definition) is 22. The van der Waals surface area contributed by atoms with Crippen molar-refractivity contribution in [1.29, 1.82) is 0 Å². The molecule has 6 aliphatic heterocycles. The Labute approximate surface area is 558 Å². The van der Waals surface area contributed by atoms with Crippen molar-refractivity contribution in [3.05, 3.63) is 55.4 Å². The Hall–Kier alpha value is -6.76. The highest BCUT2D eigenvalue weighted by Crippen LogP contribution is 2.32. The fourth-order valence-electron chi connectivity index (χ4n) is 10.5. The Balaban J connectivity index is 0.000000394. The number of nitrogens with two attached hydrogens (primary N) is 2. The Morgan fingerprint density at radius 2 is 0.871 bits per heavy atom. The number of piperazine rings is 3. The molecule has 6 aliphatic rings. The minimum Gasteiger partial charge on any atom is -1.00 e. The summed E-state index contributed by atoms with van der Waals surface area (Å²) in [6, 6.07) is 5.56. The van der Waals surface area contributed by atoms with E-state index in [1.54, 1.807) is 66.3 Å². The van der Waals surface area contributed by atoms with Gasteiger partial charge in [0.25, 0.3) is 0 Å². The monoisotopic (exact) mass is 1380 g/mol. The van der Waals surface area contributed by atoms with E-state index in [0.717, 1.165) is 116 Å². The van der Waals surface area contributed by atoms with Gasteiger partial charge in [-0.15, -0.1) is 0 Å². The number of carbonyl (C=O) groups is 7. The quantitative estimate of drug-likeness (QED) is 0.0580. The number of likely N-dealkylation sites (tertiary alicyclic amines) is 1. The largest absolute Gasteiger partial charge is 1.00 e. The minimum atomic E-state index is -4.86. The summed E-state index contributed by atoms with van der Waals surface area (Å²) >= 11 is 0. The van der Waals surface area contributed by atoms with Gasteiger partial charge < -0.3 is 61.8 Å². The molecule has 0 aliphatic carbocycles. The van der Waals surface area contributed by atoms with Crippen LogP contribution in [0.3, 0.4) is 0 Å². The van der Waals surface area contributed by atoms with Crippen molar-refractivity contribution < 1.29 is 82.4 Å². The van der Waals surface area contributed by atoms with Crippen LogP contribution in [0.15, 0.2) is 55.4 Å². The van der Waals surface area contributed by atoms with Gasteiger partial charge in [0.15, 0.2) is 0 Å². The van der Waals surface area contributed by atoms with Gasteiger partial charge in [0.2, 0.25) is 29.7 Å². The predicted molar refractivity (Wildman–Crippen MR) is 344 cm³/mol. The molecule has 3 aromatic heterocycles. The zero-order valence-electron chi connectivity index (χ0n) is 55.6. The van der Waals surface area contributed by atoms with Gasteiger partial charge in [0, 0.05) is 122 Å². The van der Waals surface area contributed by atoms with Crippen molar-refractivity contribution in [3.8, 4) is 0 Å². The Morgan fingerprint density at radius 3 is 1.19 bits per heavy atom. The summed E-state index contributed by atoms with van der Waals surface area (Å²) in [7, 11) is 0. The number of hydrogen-bond donors (Lipinski definition) is 3. The lowest BCUT2D eigenvalue weighted by Crippen LogP contribution is -3.00. The van der Waals surface area contributed by atoms with Gasteiger partial charge in [-0.05, 0) is 116 Å². The second kappa shape index (κ2) is 39.2. The number of esters is 2. The number of halogens is 4. The molecular weight excluding hydrogens is 1280 g/mol. The van der Waals surface area contributed by atoms with E-state index in [9.17, 15) is 41.9 Å². The van der Waals surface area contributed by atoms with Crippen LogP contribution in [0.1, 0.15) is 141 Å². The van der Waals surface area contributed by atoms with E-state index in [1.165, 1.54) is 61.4 Å². The van der Waals surface area contributed by atoms with Crippen molar-refractivity contribution in [2.24, 2.45) is 22.3 Å². The highest BCUT2D eigenvalue weighted by Gasteiger charge is 2.39. The fraction of sp³-hybridized carbons (Fsp3) is 0.698. The Morgan fingerprint density at radius 1 is 0.548 bits per heavy atom. The van der Waals surface area contributed by atoms with Gasteiger partial charge >= 0.3 is 36.2 Å². The topological polar surface area (TPSA) is 308 Å². The third-order valence-corrected chi connectivity index (χ3v) is 15.1. The number of ether oxygens (including phenoxy) is 3. The summed E-state index contributed by atoms with van der Waals surface area (Å²) in [5.74, 6) is -0.522. The first-order chi connectivity index (χ1) is 42.7. The van der Waals surface area contributed by atoms with Crippen molar-refractivity contribution >= 4 is 59.7 Å². The molecule has 0 saturated carbocycles. The third kappa shape index (κ3) is 32.8. The lowest BCUT2D eigenvalue weighted by Gasteiger charge is -2.41. The molecule has 0 unspecified atom stereocenters. The van der Waals surface area contributed by atoms with Crippen LogP contribution in [0.5, 0.6) is 0 Å². The van der Waals surface area contributed by atoms with Crippen LogP contribution in [-0.4, -0.2) is 226 Å². The number of alkyl halides is 3. The number of amides is 5. The number of carbonyl (C=O) groups excluding carboxylic acids is 7. The number of nitrogens with one attached hydrogen (secondary N) is 1. The number of cyclic esters (lactones) is 2. The molecule has 3 aromatic rings. The molecule has 0 radical (unpaired) electrons. The average molecular weight is 1380 g/mol. The lowest BCUT2D eigenvalue weighted by molar-refractivity contribution is -0.917. The Kier molecular flexibility index (Phi) is 34.7. The number of nitrogens with zero attached hydrogens (tertiary/aromatic N) is 13. The van der Waals surface area contributed by atoms with Gasteiger partial charge in [-0.2, -0.15) is 13.2 Å². The standard InChI is InChI=1S/C19H29N5O2.C12H21N5.C12H19N4.C10H19NO4.C7H10O3.C2H2F3NO.CH4.BrH/c1-19(2)14-16(25)24(17(26)15-19)9-4-3-8-22-10-12-23(13-11-22)18-20-6-5-7-21-18;13-4-1-2-7-16-8-10-17(11-9-16)12-14-5-3-6-15-12;1-2-9-16(8-1)10-6-15(7-11-16)12-13-4-3-5-14-12;1-9(2,3)14-7(12)11-8(13)15-10(4,5)6;1-7(2)3-5(8)10-6(9)4-7;3-2(4,5)1(6)7;;/h5-7H,3-4,8-15H2,1-2H3;3,5-6H,1-2,4,7-11,13H2;3-5H,1-2,6-11H2;1-6H3,(H,11,12,13);3-4H2,1-2H3;(H2,6,7);1H4;1H/q;;+1;;;;;/p-1. The summed E-state index contributed by atoms with van der Waals surface area (Å²) in [4.78, 5) is 116. The molecule has 0 bridgehead atoms. The van der Waals surface area contributed by atoms with E-state index in [-0.39, 0.29) is 47.1 Å². The molecule has 9 heterocycles. The van der Waals surface area contributed by atoms with E-state index in [2.05, 4.69) is 64.9 Å². The van der Waals surface area contributed by atoms with Gasteiger partial charge in [-0.3, -0.25) is 38.7 Å². The number of piperidine rings is 1. The van der Waals surface area contributed by atoms with Gasteiger partial charge in [-0.25, -0.2) is 44.8 Å². The first-order valence-corrected chi connectivity index (χ1v) is 31.4. The van der Waals surface area contributed by atoms with E-state index in [0.29, 0.717) is 32.2 Å². The summed E-state index contributed by atoms with van der Waals surface area (Å²) in [5, 5.41) is 1.97. The highest BCUT2D eigenvalue weighted by molar-refractivity contribution is 5.98. The molecule has 9 rings (SSSR count). The first-order valence-electron chi connectivity index (χ1n) is 31.4. The lowest BCUT2D eigenvalue weighted by atomic mass is 9.82. The van der Waals surface area contributed by atoms with Crippen LogP contribution in [0.25, 0.3) is 0 Å². The van der Waals surface area contributed by atoms with Crippen LogP contribution in [0.2, 0.25) is 0 Å². The Bertz CT molecular complexity index is 2650. The maximum Gasteiger partial charge on any atom is 0.470 e. The van der Waals surface area contributed by atoms with Gasteiger partial charge in [-0.1, -0.05) is 35.1 Å². The van der Waals surface area contributed by atoms with Gasteiger partial charge in [0.05, 0.1) is 52.1 Å². The molecule has 5 N–H and O–H groups in total. The van der Waals surface area contributed by atoms with E-state index >= 15 is 0 Å². The van der Waals surface area contributed by atoms with Crippen LogP contribution in [0.4, 0.5) is 40.6 Å². The number of imide groups is 2. The van der Waals surface area contributed by atoms with Crippen molar-refractivity contribution in [2.75, 3.05) is 133 Å². The first kappa shape index (κ1) is 82.3. The normalized spacial score (nSPS) is 18.6. The van der Waals surface area contributed by atoms with Gasteiger partial charge in [0.1, 0.15) is 11.2 Å². The molecule has 5 amide bonds. The zero-order valence-corrected chi connectivity index (χ0v) is 57.1. The molecule has 30 heteroatoms. The zero-order chi connectivity index (χ0) is 67.5. The van der Waals surface area contributed by atoms with E-state index in [4.69, 9.17) is 20.0 Å². The van der Waals surface area contributed by atoms with Crippen LogP contribution in [0, 0.1) is 10.8 Å². The summed E-state index contributed by atoms with van der Waals surface area (Å²) in [5.41, 5.74) is 7.65. The third-order valence-electron chi connectivity index (χ3n) is 15.1. The SMILES string of the molecule is C.CC(C)(C)OC(=O)NC(=O)OC(C)(C)C.CC1(C)CC(=O)N(CCCCN2CCN(c3ncccn3)CC2)C(=O)C1.CC1(C)CC(=O)OC(=O)C1.NC(=O)C(F)(F)F.NCCCCN1CCN(c2ncccn2)CC1.[Br-].c1cnc(N2CC[N+]3(CCCC3)CC2)nc1. The van der Waals surface area contributed by atoms with Crippen molar-refractivity contribution in [3.63, 3.8) is 0 Å². The summed E-state index contributed by atoms with van der Waals surface area (Å²) in [6.45, 7) is 37.2. The number of primary amides is 1. The molecule has 6 saturated heterocycles. The minimum absolute atomic E-state index is 0. The maximum atomic E-state index is 12.2. The van der Waals surface area contributed by atoms with Crippen LogP contribution in [-0.2, 0) is 38.2 Å². The van der Waals surface area contributed by atoms with Crippen LogP contribution < -0.4 is 48.5 Å². The molecular formula is C63H104BrF3N16O10. The molecule has 26 nitrogen and oxygen atoms in total. The number of unbranched alkanes of at least 4 members (excludes halogenated alkanes) is 2. The smallest absolute Gasteiger partial charge is 0.470 e. The fourth-order valence-corrected chi connectivity index (χ4v) is 10.5. The molecule has 1 spiro atoms. The second-order valence-electron chi connectivity index (χ2n) is 26.7. The molecule has 0 aromatic carbocycles. The number of anilines is 3. The predicted octanol–water partition coefficient (Wildman–Crippen LogP) is 3.80. The van der Waals surface area contributed by atoms with E-state index in [1.807, 2.05) is 63.6 Å². The number of alkyl carbamates (subject to hydrolysis) is 2. The average Bonchev–Trinajstić information content (AvgIpc) is 1.84. The van der Waals surface area contributed by atoms with E-state index < -0.39 is 47.4 Å². The number of quaternary nitrogens is 1. The number of rotatable bonds is 12. The highest BCUT2D eigenvalue weighted by atomic mass is 79.9. The summed E-state index contributed by atoms with van der Waals surface area (Å²) in [6.07, 6.45) is 13.0. The number of aromatic nitrogens is 6. The molecule has 0 atom stereocenters. The molecule has 6 fully saturated rings. The summed E-state index contributed by atoms with van der Waals surface area (Å²) < 4.78 is 47.5.